The molecule has 2 unspecified atom stereocenters. The van der Waals surface area contributed by atoms with Crippen molar-refractivity contribution < 1.29 is 0 Å². The van der Waals surface area contributed by atoms with E-state index in [9.17, 15) is 0 Å². The minimum Gasteiger partial charge on any atom is -0.325 e. The lowest BCUT2D eigenvalue weighted by Crippen LogP contribution is -2.39. The summed E-state index contributed by atoms with van der Waals surface area (Å²) in [6.45, 7) is 6.73. The zero-order valence-electron chi connectivity index (χ0n) is 12.7. The standard InChI is InChI=1S/C16H29N3/c1-4-13-7-9-16(17,11-13)12-14-8-10-19(18-14)15(5-2)6-3/h8,10,13,15H,4-7,9,11-12,17H2,1-3H3. The fourth-order valence-corrected chi connectivity index (χ4v) is 3.48. The van der Waals surface area contributed by atoms with Gasteiger partial charge in [0.25, 0.3) is 0 Å². The lowest BCUT2D eigenvalue weighted by Gasteiger charge is -2.23. The van der Waals surface area contributed by atoms with Crippen molar-refractivity contribution >= 4 is 0 Å². The first-order chi connectivity index (χ1) is 9.10. The predicted molar refractivity (Wildman–Crippen MR) is 80.1 cm³/mol. The Kier molecular flexibility index (Phi) is 4.67. The van der Waals surface area contributed by atoms with Crippen molar-refractivity contribution in [2.75, 3.05) is 0 Å². The van der Waals surface area contributed by atoms with Crippen molar-refractivity contribution in [1.29, 1.82) is 0 Å². The van der Waals surface area contributed by atoms with Gasteiger partial charge in [-0.05, 0) is 44.1 Å². The molecule has 0 spiro atoms. The molecule has 2 rings (SSSR count). The molecule has 19 heavy (non-hydrogen) atoms. The average molecular weight is 263 g/mol. The highest BCUT2D eigenvalue weighted by Crippen LogP contribution is 2.36. The summed E-state index contributed by atoms with van der Waals surface area (Å²) in [6.07, 6.45) is 10.2. The summed E-state index contributed by atoms with van der Waals surface area (Å²) in [6, 6.07) is 2.70. The molecule has 3 heteroatoms. The predicted octanol–water partition coefficient (Wildman–Crippen LogP) is 3.69. The minimum atomic E-state index is -0.00616. The molecule has 1 aliphatic rings. The van der Waals surface area contributed by atoms with E-state index in [0.29, 0.717) is 6.04 Å². The first kappa shape index (κ1) is 14.6. The maximum atomic E-state index is 6.56. The second-order valence-corrected chi connectivity index (χ2v) is 6.31. The van der Waals surface area contributed by atoms with E-state index in [1.807, 2.05) is 0 Å². The quantitative estimate of drug-likeness (QED) is 0.850. The van der Waals surface area contributed by atoms with E-state index in [1.54, 1.807) is 0 Å². The van der Waals surface area contributed by atoms with Gasteiger partial charge in [-0.3, -0.25) is 4.68 Å². The van der Waals surface area contributed by atoms with E-state index in [2.05, 4.69) is 37.7 Å². The molecule has 108 valence electrons. The van der Waals surface area contributed by atoms with Gasteiger partial charge in [-0.25, -0.2) is 0 Å². The van der Waals surface area contributed by atoms with E-state index < -0.39 is 0 Å². The molecule has 0 radical (unpaired) electrons. The van der Waals surface area contributed by atoms with Crippen molar-refractivity contribution in [2.24, 2.45) is 11.7 Å². The molecule has 0 saturated heterocycles. The van der Waals surface area contributed by atoms with E-state index >= 15 is 0 Å². The molecule has 1 aliphatic carbocycles. The Morgan fingerprint density at radius 1 is 1.42 bits per heavy atom. The molecule has 0 bridgehead atoms. The summed E-state index contributed by atoms with van der Waals surface area (Å²) < 4.78 is 2.13. The second kappa shape index (κ2) is 6.08. The van der Waals surface area contributed by atoms with Crippen LogP contribution in [0, 0.1) is 5.92 Å². The van der Waals surface area contributed by atoms with Crippen molar-refractivity contribution in [3.8, 4) is 0 Å². The highest BCUT2D eigenvalue weighted by molar-refractivity contribution is 5.08. The number of nitrogens with two attached hydrogens (primary N) is 1. The van der Waals surface area contributed by atoms with E-state index in [1.165, 1.54) is 25.0 Å². The lowest BCUT2D eigenvalue weighted by molar-refractivity contribution is 0.391. The smallest absolute Gasteiger partial charge is 0.0643 e. The first-order valence-corrected chi connectivity index (χ1v) is 7.93. The van der Waals surface area contributed by atoms with Gasteiger partial charge in [0.1, 0.15) is 0 Å². The molecule has 1 fully saturated rings. The van der Waals surface area contributed by atoms with Crippen LogP contribution in [-0.4, -0.2) is 15.3 Å². The highest BCUT2D eigenvalue weighted by Gasteiger charge is 2.35. The lowest BCUT2D eigenvalue weighted by atomic mass is 9.91. The summed E-state index contributed by atoms with van der Waals surface area (Å²) in [5.41, 5.74) is 7.72. The largest absolute Gasteiger partial charge is 0.325 e. The summed E-state index contributed by atoms with van der Waals surface area (Å²) in [4.78, 5) is 0. The van der Waals surface area contributed by atoms with Crippen LogP contribution in [0.15, 0.2) is 12.3 Å². The molecule has 0 amide bonds. The van der Waals surface area contributed by atoms with Gasteiger partial charge in [-0.1, -0.05) is 27.2 Å². The van der Waals surface area contributed by atoms with Crippen molar-refractivity contribution in [3.05, 3.63) is 18.0 Å². The molecule has 3 nitrogen and oxygen atoms in total. The Morgan fingerprint density at radius 3 is 2.74 bits per heavy atom. The van der Waals surface area contributed by atoms with Crippen LogP contribution in [0.25, 0.3) is 0 Å². The third kappa shape index (κ3) is 3.38. The molecule has 1 heterocycles. The van der Waals surface area contributed by atoms with Gasteiger partial charge >= 0.3 is 0 Å². The number of aromatic nitrogens is 2. The Bertz CT molecular complexity index is 394. The maximum absolute atomic E-state index is 6.56. The Hall–Kier alpha value is -0.830. The molecule has 0 aromatic carbocycles. The van der Waals surface area contributed by atoms with Gasteiger partial charge in [-0.15, -0.1) is 0 Å². The van der Waals surface area contributed by atoms with Crippen LogP contribution in [-0.2, 0) is 6.42 Å². The molecular formula is C16H29N3. The molecule has 1 aromatic rings. The zero-order chi connectivity index (χ0) is 13.9. The van der Waals surface area contributed by atoms with Crippen LogP contribution >= 0.6 is 0 Å². The third-order valence-corrected chi connectivity index (χ3v) is 4.84. The van der Waals surface area contributed by atoms with Gasteiger partial charge in [0.05, 0.1) is 11.7 Å². The van der Waals surface area contributed by atoms with Gasteiger partial charge in [0.2, 0.25) is 0 Å². The van der Waals surface area contributed by atoms with Gasteiger partial charge in [0, 0.05) is 18.2 Å². The van der Waals surface area contributed by atoms with Crippen LogP contribution in [0.1, 0.15) is 71.0 Å². The van der Waals surface area contributed by atoms with Crippen LogP contribution < -0.4 is 5.73 Å². The van der Waals surface area contributed by atoms with Crippen LogP contribution in [0.3, 0.4) is 0 Å². The monoisotopic (exact) mass is 263 g/mol. The van der Waals surface area contributed by atoms with Crippen molar-refractivity contribution in [3.63, 3.8) is 0 Å². The third-order valence-electron chi connectivity index (χ3n) is 4.84. The van der Waals surface area contributed by atoms with Gasteiger partial charge in [-0.2, -0.15) is 5.10 Å². The fourth-order valence-electron chi connectivity index (χ4n) is 3.48. The molecule has 2 N–H and O–H groups in total. The van der Waals surface area contributed by atoms with Crippen molar-refractivity contribution in [2.45, 2.75) is 77.3 Å². The van der Waals surface area contributed by atoms with Gasteiger partial charge in [0.15, 0.2) is 0 Å². The Balaban J connectivity index is 2.00. The average Bonchev–Trinajstić information content (AvgIpc) is 2.99. The summed E-state index contributed by atoms with van der Waals surface area (Å²) in [5, 5.41) is 4.75. The van der Waals surface area contributed by atoms with Gasteiger partial charge < -0.3 is 5.73 Å². The van der Waals surface area contributed by atoms with E-state index in [0.717, 1.165) is 31.6 Å². The number of hydrogen-bond acceptors (Lipinski definition) is 2. The molecular weight excluding hydrogens is 234 g/mol. The van der Waals surface area contributed by atoms with Crippen LogP contribution in [0.5, 0.6) is 0 Å². The van der Waals surface area contributed by atoms with Crippen LogP contribution in [0.4, 0.5) is 0 Å². The fraction of sp³-hybridized carbons (Fsp3) is 0.812. The topological polar surface area (TPSA) is 43.8 Å². The maximum Gasteiger partial charge on any atom is 0.0643 e. The second-order valence-electron chi connectivity index (χ2n) is 6.31. The molecule has 0 aliphatic heterocycles. The summed E-state index contributed by atoms with van der Waals surface area (Å²) in [7, 11) is 0. The molecule has 2 atom stereocenters. The molecule has 1 saturated carbocycles. The first-order valence-electron chi connectivity index (χ1n) is 7.93. The van der Waals surface area contributed by atoms with Crippen molar-refractivity contribution in [1.82, 2.24) is 9.78 Å². The van der Waals surface area contributed by atoms with E-state index in [4.69, 9.17) is 10.8 Å². The number of hydrogen-bond donors (Lipinski definition) is 1. The molecule has 1 aromatic heterocycles. The Labute approximate surface area is 117 Å². The summed E-state index contributed by atoms with van der Waals surface area (Å²) in [5.74, 6) is 0.825. The summed E-state index contributed by atoms with van der Waals surface area (Å²) >= 11 is 0. The number of nitrogens with zero attached hydrogens (tertiary/aromatic N) is 2. The number of rotatable bonds is 6. The SMILES string of the molecule is CCC1CCC(N)(Cc2ccn(C(CC)CC)n2)C1. The normalized spacial score (nSPS) is 27.3. The minimum absolute atomic E-state index is 0.00616. The highest BCUT2D eigenvalue weighted by atomic mass is 15.3. The Morgan fingerprint density at radius 2 is 2.16 bits per heavy atom. The zero-order valence-corrected chi connectivity index (χ0v) is 12.7. The van der Waals surface area contributed by atoms with E-state index in [-0.39, 0.29) is 5.54 Å². The van der Waals surface area contributed by atoms with Crippen LogP contribution in [0.2, 0.25) is 0 Å².